The molecular formula is C15H19F3N6O2. The molecule has 142 valence electrons. The van der Waals surface area contributed by atoms with Crippen molar-refractivity contribution >= 4 is 17.6 Å². The van der Waals surface area contributed by atoms with Gasteiger partial charge in [0.25, 0.3) is 5.82 Å². The van der Waals surface area contributed by atoms with Gasteiger partial charge in [-0.3, -0.25) is 0 Å². The van der Waals surface area contributed by atoms with Crippen LogP contribution in [0.2, 0.25) is 0 Å². The topological polar surface area (TPSA) is 75.9 Å². The highest BCUT2D eigenvalue weighted by atomic mass is 19.4. The van der Waals surface area contributed by atoms with Gasteiger partial charge in [-0.05, 0) is 20.8 Å². The van der Waals surface area contributed by atoms with Gasteiger partial charge in [-0.2, -0.15) is 17.7 Å². The number of ether oxygens (including phenoxy) is 1. The van der Waals surface area contributed by atoms with Gasteiger partial charge in [0.05, 0.1) is 6.61 Å². The molecule has 8 nitrogen and oxygen atoms in total. The Balaban J connectivity index is 1.91. The number of carbonyl (C=O) groups excluding carboxylic acids is 1. The Morgan fingerprint density at radius 1 is 1.12 bits per heavy atom. The Morgan fingerprint density at radius 3 is 2.35 bits per heavy atom. The number of hydrogen-bond acceptors (Lipinski definition) is 6. The zero-order chi connectivity index (χ0) is 19.1. The molecule has 2 aromatic rings. The highest BCUT2D eigenvalue weighted by Crippen LogP contribution is 2.30. The zero-order valence-corrected chi connectivity index (χ0v) is 14.7. The van der Waals surface area contributed by atoms with E-state index in [1.165, 1.54) is 0 Å². The summed E-state index contributed by atoms with van der Waals surface area (Å²) in [6.45, 7) is 7.22. The van der Waals surface area contributed by atoms with Crippen molar-refractivity contribution in [2.75, 3.05) is 37.7 Å². The second kappa shape index (κ2) is 6.61. The molecule has 0 bridgehead atoms. The van der Waals surface area contributed by atoms with Gasteiger partial charge in [0, 0.05) is 37.3 Å². The summed E-state index contributed by atoms with van der Waals surface area (Å²) >= 11 is 0. The van der Waals surface area contributed by atoms with Gasteiger partial charge in [0.15, 0.2) is 11.5 Å². The number of halogens is 3. The van der Waals surface area contributed by atoms with Crippen molar-refractivity contribution < 1.29 is 22.7 Å². The van der Waals surface area contributed by atoms with Gasteiger partial charge >= 0.3 is 12.3 Å². The van der Waals surface area contributed by atoms with Gasteiger partial charge < -0.3 is 14.5 Å². The molecule has 0 aliphatic carbocycles. The summed E-state index contributed by atoms with van der Waals surface area (Å²) in [5.74, 6) is -0.717. The average molecular weight is 372 g/mol. The molecule has 0 radical (unpaired) electrons. The minimum absolute atomic E-state index is 0.0868. The van der Waals surface area contributed by atoms with Crippen LogP contribution in [0.3, 0.4) is 0 Å². The van der Waals surface area contributed by atoms with Crippen LogP contribution in [-0.2, 0) is 10.9 Å². The lowest BCUT2D eigenvalue weighted by molar-refractivity contribution is -0.146. The number of hydrogen-bond donors (Lipinski definition) is 0. The molecule has 0 spiro atoms. The fraction of sp³-hybridized carbons (Fsp3) is 0.600. The van der Waals surface area contributed by atoms with Gasteiger partial charge in [-0.15, -0.1) is 15.3 Å². The summed E-state index contributed by atoms with van der Waals surface area (Å²) in [5.41, 5.74) is 1.41. The molecule has 3 rings (SSSR count). The molecule has 0 N–H and O–H groups in total. The first-order valence-corrected chi connectivity index (χ1v) is 8.20. The molecule has 26 heavy (non-hydrogen) atoms. The number of carbonyl (C=O) groups is 1. The van der Waals surface area contributed by atoms with Crippen molar-refractivity contribution in [1.82, 2.24) is 24.7 Å². The van der Waals surface area contributed by atoms with Crippen LogP contribution >= 0.6 is 0 Å². The standard InChI is InChI=1S/C15H19F3N6O2/c1-4-26-14(25)23-7-5-22(6-8-23)12-10(3)9(2)11-19-20-13(15(16,17)18)24(11)21-12/h4-8H2,1-3H3. The van der Waals surface area contributed by atoms with Crippen LogP contribution < -0.4 is 4.90 Å². The normalized spacial score (nSPS) is 15.6. The maximum atomic E-state index is 13.1. The highest BCUT2D eigenvalue weighted by Gasteiger charge is 2.38. The number of fused-ring (bicyclic) bond motifs is 1. The monoisotopic (exact) mass is 372 g/mol. The molecule has 1 aliphatic rings. The van der Waals surface area contributed by atoms with E-state index < -0.39 is 12.0 Å². The Kier molecular flexibility index (Phi) is 4.63. The average Bonchev–Trinajstić information content (AvgIpc) is 3.03. The predicted octanol–water partition coefficient (Wildman–Crippen LogP) is 2.04. The summed E-state index contributed by atoms with van der Waals surface area (Å²) in [7, 11) is 0. The second-order valence-electron chi connectivity index (χ2n) is 6.00. The largest absolute Gasteiger partial charge is 0.453 e. The molecule has 0 aromatic carbocycles. The van der Waals surface area contributed by atoms with Crippen molar-refractivity contribution in [3.05, 3.63) is 17.0 Å². The molecule has 1 fully saturated rings. The lowest BCUT2D eigenvalue weighted by Crippen LogP contribution is -2.49. The van der Waals surface area contributed by atoms with Gasteiger partial charge in [0.2, 0.25) is 0 Å². The molecule has 3 heterocycles. The van der Waals surface area contributed by atoms with E-state index in [2.05, 4.69) is 15.3 Å². The van der Waals surface area contributed by atoms with E-state index >= 15 is 0 Å². The van der Waals surface area contributed by atoms with Crippen LogP contribution in [-0.4, -0.2) is 63.6 Å². The number of aromatic nitrogens is 4. The molecule has 11 heteroatoms. The molecular weight excluding hydrogens is 353 g/mol. The first kappa shape index (κ1) is 18.2. The number of amides is 1. The zero-order valence-electron chi connectivity index (χ0n) is 14.7. The highest BCUT2D eigenvalue weighted by molar-refractivity contribution is 5.68. The Hall–Kier alpha value is -2.59. The summed E-state index contributed by atoms with van der Waals surface area (Å²) < 4.78 is 45.1. The third-order valence-corrected chi connectivity index (χ3v) is 4.43. The summed E-state index contributed by atoms with van der Waals surface area (Å²) in [4.78, 5) is 15.2. The van der Waals surface area contributed by atoms with E-state index in [1.807, 2.05) is 4.90 Å². The molecule has 2 aromatic heterocycles. The maximum Gasteiger partial charge on any atom is 0.453 e. The maximum absolute atomic E-state index is 13.1. The summed E-state index contributed by atoms with van der Waals surface area (Å²) in [6.07, 6.45) is -5.03. The molecule has 0 unspecified atom stereocenters. The third kappa shape index (κ3) is 3.13. The van der Waals surface area contributed by atoms with Crippen molar-refractivity contribution in [3.8, 4) is 0 Å². The Labute approximate surface area is 147 Å². The lowest BCUT2D eigenvalue weighted by atomic mass is 10.1. The van der Waals surface area contributed by atoms with E-state index in [1.54, 1.807) is 25.7 Å². The number of alkyl halides is 3. The van der Waals surface area contributed by atoms with Crippen LogP contribution in [0.1, 0.15) is 23.9 Å². The third-order valence-electron chi connectivity index (χ3n) is 4.43. The second-order valence-corrected chi connectivity index (χ2v) is 6.00. The van der Waals surface area contributed by atoms with Crippen LogP contribution in [0, 0.1) is 13.8 Å². The van der Waals surface area contributed by atoms with Gasteiger partial charge in [-0.25, -0.2) is 4.79 Å². The molecule has 1 saturated heterocycles. The number of anilines is 1. The summed E-state index contributed by atoms with van der Waals surface area (Å²) in [6, 6.07) is 0. The van der Waals surface area contributed by atoms with Crippen molar-refractivity contribution in [3.63, 3.8) is 0 Å². The van der Waals surface area contributed by atoms with E-state index in [0.29, 0.717) is 44.2 Å². The lowest BCUT2D eigenvalue weighted by Gasteiger charge is -2.35. The predicted molar refractivity (Wildman–Crippen MR) is 86.1 cm³/mol. The number of aryl methyl sites for hydroxylation is 1. The van der Waals surface area contributed by atoms with Gasteiger partial charge in [-0.1, -0.05) is 0 Å². The van der Waals surface area contributed by atoms with Crippen molar-refractivity contribution in [2.45, 2.75) is 26.9 Å². The smallest absolute Gasteiger partial charge is 0.450 e. The SMILES string of the molecule is CCOC(=O)N1CCN(c2nn3c(C(F)(F)F)nnc3c(C)c2C)CC1. The first-order valence-electron chi connectivity index (χ1n) is 8.20. The van der Waals surface area contributed by atoms with Crippen molar-refractivity contribution in [1.29, 1.82) is 0 Å². The Bertz CT molecular complexity index is 827. The summed E-state index contributed by atoms with van der Waals surface area (Å²) in [5, 5.41) is 11.0. The van der Waals surface area contributed by atoms with E-state index in [9.17, 15) is 18.0 Å². The van der Waals surface area contributed by atoms with Crippen LogP contribution in [0.25, 0.3) is 5.65 Å². The quantitative estimate of drug-likeness (QED) is 0.803. The first-order chi connectivity index (χ1) is 12.2. The Morgan fingerprint density at radius 2 is 1.77 bits per heavy atom. The molecule has 0 atom stereocenters. The molecule has 0 saturated carbocycles. The molecule has 1 aliphatic heterocycles. The number of nitrogens with zero attached hydrogens (tertiary/aromatic N) is 6. The van der Waals surface area contributed by atoms with E-state index in [4.69, 9.17) is 4.74 Å². The van der Waals surface area contributed by atoms with Gasteiger partial charge in [0.1, 0.15) is 0 Å². The minimum Gasteiger partial charge on any atom is -0.450 e. The van der Waals surface area contributed by atoms with E-state index in [-0.39, 0.29) is 11.7 Å². The minimum atomic E-state index is -4.64. The fourth-order valence-electron chi connectivity index (χ4n) is 2.91. The fourth-order valence-corrected chi connectivity index (χ4v) is 2.91. The van der Waals surface area contributed by atoms with Crippen LogP contribution in [0.4, 0.5) is 23.8 Å². The van der Waals surface area contributed by atoms with E-state index in [0.717, 1.165) is 10.1 Å². The molecule has 1 amide bonds. The van der Waals surface area contributed by atoms with Crippen LogP contribution in [0.15, 0.2) is 0 Å². The number of piperazine rings is 1. The number of rotatable bonds is 2. The van der Waals surface area contributed by atoms with Crippen molar-refractivity contribution in [2.24, 2.45) is 0 Å². The van der Waals surface area contributed by atoms with Crippen LogP contribution in [0.5, 0.6) is 0 Å².